The van der Waals surface area contributed by atoms with Crippen LogP contribution in [0.4, 0.5) is 0 Å². The normalized spacial score (nSPS) is 28.7. The minimum Gasteiger partial charge on any atom is -0.480 e. The van der Waals surface area contributed by atoms with E-state index in [0.717, 1.165) is 12.5 Å². The van der Waals surface area contributed by atoms with E-state index < -0.39 is 12.0 Å². The Morgan fingerprint density at radius 3 is 2.33 bits per heavy atom. The molecule has 1 fully saturated rings. The van der Waals surface area contributed by atoms with Crippen LogP contribution in [-0.4, -0.2) is 23.7 Å². The van der Waals surface area contributed by atoms with Crippen LogP contribution in [0, 0.1) is 11.8 Å². The average molecular weight is 213 g/mol. The van der Waals surface area contributed by atoms with Crippen LogP contribution in [-0.2, 0) is 4.79 Å². The Hall–Kier alpha value is -0.570. The van der Waals surface area contributed by atoms with Gasteiger partial charge in [-0.05, 0) is 38.1 Å². The fourth-order valence-electron chi connectivity index (χ4n) is 2.27. The molecule has 1 unspecified atom stereocenters. The summed E-state index contributed by atoms with van der Waals surface area (Å²) in [7, 11) is 0. The molecule has 88 valence electrons. The van der Waals surface area contributed by atoms with Gasteiger partial charge in [-0.15, -0.1) is 0 Å². The van der Waals surface area contributed by atoms with Crippen molar-refractivity contribution in [1.82, 2.24) is 5.32 Å². The first-order valence-electron chi connectivity index (χ1n) is 6.09. The molecule has 0 aromatic heterocycles. The summed E-state index contributed by atoms with van der Waals surface area (Å²) in [5.41, 5.74) is 0. The summed E-state index contributed by atoms with van der Waals surface area (Å²) in [5.74, 6) is 0.852. The third-order valence-electron chi connectivity index (χ3n) is 3.63. The number of carboxylic acids is 1. The van der Waals surface area contributed by atoms with Crippen LogP contribution in [0.5, 0.6) is 0 Å². The number of carbonyl (C=O) groups is 1. The molecule has 1 aliphatic rings. The van der Waals surface area contributed by atoms with Crippen LogP contribution in [0.1, 0.15) is 46.0 Å². The van der Waals surface area contributed by atoms with Crippen LogP contribution >= 0.6 is 0 Å². The fraction of sp³-hybridized carbons (Fsp3) is 0.917. The predicted molar refractivity (Wildman–Crippen MR) is 60.8 cm³/mol. The lowest BCUT2D eigenvalue weighted by Crippen LogP contribution is -2.37. The van der Waals surface area contributed by atoms with Crippen molar-refractivity contribution in [2.24, 2.45) is 11.8 Å². The van der Waals surface area contributed by atoms with E-state index in [9.17, 15) is 4.79 Å². The lowest BCUT2D eigenvalue weighted by Gasteiger charge is -2.28. The molecule has 0 amide bonds. The van der Waals surface area contributed by atoms with Crippen molar-refractivity contribution < 1.29 is 9.90 Å². The van der Waals surface area contributed by atoms with Crippen molar-refractivity contribution in [3.05, 3.63) is 0 Å². The minimum absolute atomic E-state index is 0.408. The van der Waals surface area contributed by atoms with Gasteiger partial charge in [-0.1, -0.05) is 26.2 Å². The quantitative estimate of drug-likeness (QED) is 0.736. The summed E-state index contributed by atoms with van der Waals surface area (Å²) in [5, 5.41) is 11.8. The maximum atomic E-state index is 10.6. The van der Waals surface area contributed by atoms with E-state index in [1.807, 2.05) is 0 Å². The second-order valence-corrected chi connectivity index (χ2v) is 4.76. The largest absolute Gasteiger partial charge is 0.480 e. The number of carboxylic acid groups (broad SMARTS) is 1. The first-order chi connectivity index (χ1) is 7.13. The molecule has 2 N–H and O–H groups in total. The molecular weight excluding hydrogens is 190 g/mol. The zero-order valence-electron chi connectivity index (χ0n) is 9.83. The molecule has 3 heteroatoms. The molecule has 0 bridgehead atoms. The van der Waals surface area contributed by atoms with Gasteiger partial charge in [0, 0.05) is 0 Å². The van der Waals surface area contributed by atoms with Crippen LogP contribution < -0.4 is 5.32 Å². The number of aliphatic carboxylic acids is 1. The maximum absolute atomic E-state index is 10.6. The van der Waals surface area contributed by atoms with Crippen LogP contribution in [0.15, 0.2) is 0 Å². The van der Waals surface area contributed by atoms with Gasteiger partial charge in [0.05, 0.1) is 0 Å². The van der Waals surface area contributed by atoms with Gasteiger partial charge in [0.15, 0.2) is 0 Å². The summed E-state index contributed by atoms with van der Waals surface area (Å²) in [6.45, 7) is 4.83. The van der Waals surface area contributed by atoms with Crippen molar-refractivity contribution in [3.8, 4) is 0 Å². The Morgan fingerprint density at radius 1 is 1.33 bits per heavy atom. The van der Waals surface area contributed by atoms with E-state index in [1.165, 1.54) is 32.1 Å². The lowest BCUT2D eigenvalue weighted by molar-refractivity contribution is -0.139. The van der Waals surface area contributed by atoms with Gasteiger partial charge in [0.1, 0.15) is 6.04 Å². The molecule has 0 aliphatic heterocycles. The standard InChI is InChI=1S/C12H23NO2/c1-3-10-4-6-11(7-5-10)8-13-9(2)12(14)15/h9-11,13H,3-8H2,1-2H3,(H,14,15). The van der Waals surface area contributed by atoms with Crippen molar-refractivity contribution in [1.29, 1.82) is 0 Å². The molecule has 1 saturated carbocycles. The monoisotopic (exact) mass is 213 g/mol. The van der Waals surface area contributed by atoms with Crippen molar-refractivity contribution >= 4 is 5.97 Å². The molecule has 0 radical (unpaired) electrons. The molecule has 15 heavy (non-hydrogen) atoms. The van der Waals surface area contributed by atoms with Gasteiger partial charge in [-0.2, -0.15) is 0 Å². The summed E-state index contributed by atoms with van der Waals surface area (Å²) < 4.78 is 0. The van der Waals surface area contributed by atoms with Crippen LogP contribution in [0.25, 0.3) is 0 Å². The highest BCUT2D eigenvalue weighted by Gasteiger charge is 2.20. The average Bonchev–Trinajstić information content (AvgIpc) is 2.26. The summed E-state index contributed by atoms with van der Waals surface area (Å²) in [4.78, 5) is 10.6. The first kappa shape index (κ1) is 12.5. The molecule has 1 atom stereocenters. The predicted octanol–water partition coefficient (Wildman–Crippen LogP) is 2.27. The molecule has 0 aromatic carbocycles. The summed E-state index contributed by atoms with van der Waals surface area (Å²) in [6.07, 6.45) is 6.47. The van der Waals surface area contributed by atoms with Crippen LogP contribution in [0.2, 0.25) is 0 Å². The molecule has 0 spiro atoms. The lowest BCUT2D eigenvalue weighted by atomic mass is 9.81. The molecule has 0 heterocycles. The summed E-state index contributed by atoms with van der Waals surface area (Å²) in [6, 6.07) is -0.408. The highest BCUT2D eigenvalue weighted by atomic mass is 16.4. The first-order valence-corrected chi connectivity index (χ1v) is 6.09. The van der Waals surface area contributed by atoms with Crippen molar-refractivity contribution in [3.63, 3.8) is 0 Å². The second-order valence-electron chi connectivity index (χ2n) is 4.76. The van der Waals surface area contributed by atoms with E-state index in [2.05, 4.69) is 12.2 Å². The van der Waals surface area contributed by atoms with E-state index in [1.54, 1.807) is 6.92 Å². The maximum Gasteiger partial charge on any atom is 0.320 e. The van der Waals surface area contributed by atoms with E-state index >= 15 is 0 Å². The third-order valence-corrected chi connectivity index (χ3v) is 3.63. The molecule has 3 nitrogen and oxygen atoms in total. The SMILES string of the molecule is CCC1CCC(CNC(C)C(=O)O)CC1. The van der Waals surface area contributed by atoms with Crippen molar-refractivity contribution in [2.45, 2.75) is 52.0 Å². The second kappa shape index (κ2) is 6.11. The smallest absolute Gasteiger partial charge is 0.320 e. The number of nitrogens with one attached hydrogen (secondary N) is 1. The Morgan fingerprint density at radius 2 is 1.87 bits per heavy atom. The van der Waals surface area contributed by atoms with Gasteiger partial charge in [0.25, 0.3) is 0 Å². The van der Waals surface area contributed by atoms with E-state index in [0.29, 0.717) is 5.92 Å². The molecule has 0 saturated heterocycles. The Balaban J connectivity index is 2.16. The Kier molecular flexibility index (Phi) is 5.09. The molecular formula is C12H23NO2. The van der Waals surface area contributed by atoms with Gasteiger partial charge < -0.3 is 10.4 Å². The molecule has 0 aromatic rings. The molecule has 1 aliphatic carbocycles. The van der Waals surface area contributed by atoms with Crippen LogP contribution in [0.3, 0.4) is 0 Å². The van der Waals surface area contributed by atoms with Gasteiger partial charge >= 0.3 is 5.97 Å². The highest BCUT2D eigenvalue weighted by Crippen LogP contribution is 2.30. The van der Waals surface area contributed by atoms with Crippen molar-refractivity contribution in [2.75, 3.05) is 6.54 Å². The zero-order valence-corrected chi connectivity index (χ0v) is 9.83. The topological polar surface area (TPSA) is 49.3 Å². The summed E-state index contributed by atoms with van der Waals surface area (Å²) >= 11 is 0. The number of hydrogen-bond acceptors (Lipinski definition) is 2. The Bertz CT molecular complexity index is 198. The fourth-order valence-corrected chi connectivity index (χ4v) is 2.27. The van der Waals surface area contributed by atoms with Gasteiger partial charge in [-0.3, -0.25) is 4.79 Å². The van der Waals surface area contributed by atoms with Gasteiger partial charge in [0.2, 0.25) is 0 Å². The Labute approximate surface area is 92.3 Å². The number of rotatable bonds is 5. The van der Waals surface area contributed by atoms with E-state index in [-0.39, 0.29) is 0 Å². The highest BCUT2D eigenvalue weighted by molar-refractivity contribution is 5.72. The molecule has 1 rings (SSSR count). The third kappa shape index (κ3) is 4.20. The minimum atomic E-state index is -0.753. The zero-order chi connectivity index (χ0) is 11.3. The van der Waals surface area contributed by atoms with Gasteiger partial charge in [-0.25, -0.2) is 0 Å². The van der Waals surface area contributed by atoms with E-state index in [4.69, 9.17) is 5.11 Å². The number of hydrogen-bond donors (Lipinski definition) is 2.